The lowest BCUT2D eigenvalue weighted by Gasteiger charge is -2.38. The molecule has 0 saturated carbocycles. The molecule has 3 N–H and O–H groups in total. The molecule has 0 radical (unpaired) electrons. The number of hydrogen-bond acceptors (Lipinski definition) is 5. The van der Waals surface area contributed by atoms with Gasteiger partial charge in [0.25, 0.3) is 0 Å². The van der Waals surface area contributed by atoms with E-state index in [1.165, 1.54) is 7.11 Å². The molecule has 0 aromatic heterocycles. The van der Waals surface area contributed by atoms with E-state index in [9.17, 15) is 15.3 Å². The van der Waals surface area contributed by atoms with Gasteiger partial charge < -0.3 is 24.8 Å². The number of hydrogen-bond donors (Lipinski definition) is 3. The van der Waals surface area contributed by atoms with Crippen LogP contribution in [0.4, 0.5) is 0 Å². The quantitative estimate of drug-likeness (QED) is 0.453. The molecule has 5 nitrogen and oxygen atoms in total. The lowest BCUT2D eigenvalue weighted by molar-refractivity contribution is -0.286. The van der Waals surface area contributed by atoms with Crippen molar-refractivity contribution >= 4 is 0 Å². The van der Waals surface area contributed by atoms with E-state index in [4.69, 9.17) is 9.47 Å². The standard InChI is InChI=1S/C7H14O5/c1-3-4(8)5(9)6(10)7(11-2)12-3/h3-10H,1-2H3/t3?,4-,5?,6-,7+/m0/s1. The summed E-state index contributed by atoms with van der Waals surface area (Å²) in [7, 11) is 1.37. The molecule has 0 bridgehead atoms. The van der Waals surface area contributed by atoms with Gasteiger partial charge in [0.15, 0.2) is 6.29 Å². The van der Waals surface area contributed by atoms with Gasteiger partial charge in [0, 0.05) is 7.11 Å². The monoisotopic (exact) mass is 178 g/mol. The summed E-state index contributed by atoms with van der Waals surface area (Å²) in [6.07, 6.45) is -4.86. The third-order valence-corrected chi connectivity index (χ3v) is 2.04. The van der Waals surface area contributed by atoms with E-state index in [1.807, 2.05) is 0 Å². The lowest BCUT2D eigenvalue weighted by atomic mass is 10.0. The van der Waals surface area contributed by atoms with E-state index < -0.39 is 30.7 Å². The molecule has 1 aliphatic heterocycles. The first-order chi connectivity index (χ1) is 5.57. The summed E-state index contributed by atoms with van der Waals surface area (Å²) in [6, 6.07) is 0. The third-order valence-electron chi connectivity index (χ3n) is 2.04. The average molecular weight is 178 g/mol. The predicted molar refractivity (Wildman–Crippen MR) is 39.4 cm³/mol. The Hall–Kier alpha value is -0.200. The molecule has 5 heteroatoms. The van der Waals surface area contributed by atoms with Gasteiger partial charge in [-0.1, -0.05) is 0 Å². The number of rotatable bonds is 1. The molecule has 1 fully saturated rings. The van der Waals surface area contributed by atoms with E-state index in [0.717, 1.165) is 0 Å². The normalized spacial score (nSPS) is 49.2. The molecule has 0 aliphatic carbocycles. The highest BCUT2D eigenvalue weighted by Crippen LogP contribution is 2.20. The number of aliphatic hydroxyl groups excluding tert-OH is 3. The average Bonchev–Trinajstić information content (AvgIpc) is 2.08. The van der Waals surface area contributed by atoms with Crippen molar-refractivity contribution in [2.45, 2.75) is 37.6 Å². The maximum Gasteiger partial charge on any atom is 0.186 e. The van der Waals surface area contributed by atoms with Gasteiger partial charge in [0.1, 0.15) is 18.3 Å². The van der Waals surface area contributed by atoms with Crippen molar-refractivity contribution in [2.75, 3.05) is 7.11 Å². The Morgan fingerprint density at radius 1 is 1.08 bits per heavy atom. The van der Waals surface area contributed by atoms with Gasteiger partial charge in [-0.3, -0.25) is 0 Å². The number of methoxy groups -OCH3 is 1. The topological polar surface area (TPSA) is 79.2 Å². The van der Waals surface area contributed by atoms with Crippen LogP contribution in [0.1, 0.15) is 6.92 Å². The van der Waals surface area contributed by atoms with Gasteiger partial charge in [-0.05, 0) is 6.92 Å². The van der Waals surface area contributed by atoms with Crippen molar-refractivity contribution in [2.24, 2.45) is 0 Å². The van der Waals surface area contributed by atoms with Crippen molar-refractivity contribution in [3.63, 3.8) is 0 Å². The molecule has 2 unspecified atom stereocenters. The Balaban J connectivity index is 2.63. The molecule has 1 saturated heterocycles. The van der Waals surface area contributed by atoms with Crippen LogP contribution >= 0.6 is 0 Å². The Morgan fingerprint density at radius 2 is 1.67 bits per heavy atom. The minimum Gasteiger partial charge on any atom is -0.388 e. The van der Waals surface area contributed by atoms with Crippen molar-refractivity contribution in [1.82, 2.24) is 0 Å². The van der Waals surface area contributed by atoms with Crippen LogP contribution in [0.25, 0.3) is 0 Å². The van der Waals surface area contributed by atoms with Crippen molar-refractivity contribution in [3.05, 3.63) is 0 Å². The van der Waals surface area contributed by atoms with Gasteiger partial charge in [0.05, 0.1) is 6.10 Å². The molecule has 0 spiro atoms. The van der Waals surface area contributed by atoms with E-state index >= 15 is 0 Å². The summed E-state index contributed by atoms with van der Waals surface area (Å²) in [4.78, 5) is 0. The largest absolute Gasteiger partial charge is 0.388 e. The molecule has 0 aromatic rings. The van der Waals surface area contributed by atoms with Gasteiger partial charge in [-0.2, -0.15) is 0 Å². The Kier molecular flexibility index (Phi) is 3.03. The number of aliphatic hydroxyl groups is 3. The van der Waals surface area contributed by atoms with Crippen LogP contribution in [0.2, 0.25) is 0 Å². The Morgan fingerprint density at radius 3 is 2.17 bits per heavy atom. The summed E-state index contributed by atoms with van der Waals surface area (Å²) in [5.74, 6) is 0. The van der Waals surface area contributed by atoms with Crippen molar-refractivity contribution in [3.8, 4) is 0 Å². The molecular formula is C7H14O5. The second-order valence-corrected chi connectivity index (χ2v) is 2.92. The van der Waals surface area contributed by atoms with Crippen LogP contribution in [0.15, 0.2) is 0 Å². The van der Waals surface area contributed by atoms with Gasteiger partial charge in [0.2, 0.25) is 0 Å². The fraction of sp³-hybridized carbons (Fsp3) is 1.00. The SMILES string of the molecule is CO[C@@H]1OC(C)[C@H](O)C(O)[C@@H]1O. The molecule has 12 heavy (non-hydrogen) atoms. The first-order valence-electron chi connectivity index (χ1n) is 3.80. The maximum absolute atomic E-state index is 9.27. The number of ether oxygens (including phenoxy) is 2. The van der Waals surface area contributed by atoms with Crippen LogP contribution in [0.3, 0.4) is 0 Å². The molecule has 1 aliphatic rings. The van der Waals surface area contributed by atoms with Crippen LogP contribution in [-0.2, 0) is 9.47 Å². The highest BCUT2D eigenvalue weighted by Gasteiger charge is 2.41. The Labute approximate surface area is 70.5 Å². The van der Waals surface area contributed by atoms with Crippen molar-refractivity contribution in [1.29, 1.82) is 0 Å². The summed E-state index contributed by atoms with van der Waals surface area (Å²) in [5.41, 5.74) is 0. The van der Waals surface area contributed by atoms with Gasteiger partial charge in [-0.25, -0.2) is 0 Å². The minimum absolute atomic E-state index is 0.534. The second-order valence-electron chi connectivity index (χ2n) is 2.92. The zero-order valence-corrected chi connectivity index (χ0v) is 7.04. The summed E-state index contributed by atoms with van der Waals surface area (Å²) >= 11 is 0. The molecule has 72 valence electrons. The fourth-order valence-corrected chi connectivity index (χ4v) is 1.21. The molecule has 5 atom stereocenters. The van der Waals surface area contributed by atoms with Crippen LogP contribution in [0.5, 0.6) is 0 Å². The molecule has 1 heterocycles. The highest BCUT2D eigenvalue weighted by molar-refractivity contribution is 4.86. The molecule has 0 aromatic carbocycles. The smallest absolute Gasteiger partial charge is 0.186 e. The van der Waals surface area contributed by atoms with E-state index in [0.29, 0.717) is 0 Å². The molecule has 0 amide bonds. The summed E-state index contributed by atoms with van der Waals surface area (Å²) in [6.45, 7) is 1.60. The Bertz CT molecular complexity index is 146. The van der Waals surface area contributed by atoms with Crippen LogP contribution in [0, 0.1) is 0 Å². The zero-order chi connectivity index (χ0) is 9.30. The van der Waals surface area contributed by atoms with Gasteiger partial charge in [-0.15, -0.1) is 0 Å². The first-order valence-corrected chi connectivity index (χ1v) is 3.80. The molecular weight excluding hydrogens is 164 g/mol. The van der Waals surface area contributed by atoms with E-state index in [-0.39, 0.29) is 0 Å². The predicted octanol–water partition coefficient (Wildman–Crippen LogP) is -1.54. The summed E-state index contributed by atoms with van der Waals surface area (Å²) < 4.78 is 9.80. The second kappa shape index (κ2) is 3.68. The van der Waals surface area contributed by atoms with Crippen LogP contribution in [-0.4, -0.2) is 53.1 Å². The fourth-order valence-electron chi connectivity index (χ4n) is 1.21. The highest BCUT2D eigenvalue weighted by atomic mass is 16.7. The first kappa shape index (κ1) is 9.88. The van der Waals surface area contributed by atoms with Gasteiger partial charge >= 0.3 is 0 Å². The summed E-state index contributed by atoms with van der Waals surface area (Å²) in [5, 5.41) is 27.8. The third kappa shape index (κ3) is 1.60. The van der Waals surface area contributed by atoms with E-state index in [1.54, 1.807) is 6.92 Å². The maximum atomic E-state index is 9.27. The lowest BCUT2D eigenvalue weighted by Crippen LogP contribution is -2.57. The van der Waals surface area contributed by atoms with Crippen molar-refractivity contribution < 1.29 is 24.8 Å². The zero-order valence-electron chi connectivity index (χ0n) is 7.04. The minimum atomic E-state index is -1.21. The van der Waals surface area contributed by atoms with Crippen LogP contribution < -0.4 is 0 Å². The molecule has 1 rings (SSSR count). The van der Waals surface area contributed by atoms with E-state index in [2.05, 4.69) is 0 Å².